The summed E-state index contributed by atoms with van der Waals surface area (Å²) in [6, 6.07) is 1.53. The van der Waals surface area contributed by atoms with Gasteiger partial charge in [0.05, 0.1) is 10.7 Å². The summed E-state index contributed by atoms with van der Waals surface area (Å²) < 4.78 is 17.0. The Morgan fingerprint density at radius 2 is 2.21 bits per heavy atom. The lowest BCUT2D eigenvalue weighted by Crippen LogP contribution is -2.47. The van der Waals surface area contributed by atoms with E-state index in [1.165, 1.54) is 6.07 Å². The van der Waals surface area contributed by atoms with Crippen molar-refractivity contribution in [2.24, 2.45) is 0 Å². The average molecular weight is 355 g/mol. The third-order valence-electron chi connectivity index (χ3n) is 4.50. The molecule has 0 bridgehead atoms. The summed E-state index contributed by atoms with van der Waals surface area (Å²) in [7, 11) is 1.61. The number of carbonyl (C=O) groups excluding carboxylic acids is 1. The highest BCUT2D eigenvalue weighted by Gasteiger charge is 2.37. The van der Waals surface area contributed by atoms with Crippen LogP contribution in [0.15, 0.2) is 6.07 Å². The number of rotatable bonds is 3. The number of nitrogen functional groups attached to an aromatic ring is 1. The summed E-state index contributed by atoms with van der Waals surface area (Å²) in [5, 5.41) is 3.56. The number of esters is 1. The number of carbonyl (C=O) groups is 1. The maximum absolute atomic E-state index is 12.7. The quantitative estimate of drug-likeness (QED) is 0.639. The van der Waals surface area contributed by atoms with Crippen molar-refractivity contribution in [3.8, 4) is 5.75 Å². The average Bonchev–Trinajstić information content (AvgIpc) is 2.87. The van der Waals surface area contributed by atoms with Crippen LogP contribution in [0.5, 0.6) is 5.75 Å². The minimum atomic E-state index is -0.459. The van der Waals surface area contributed by atoms with E-state index in [-0.39, 0.29) is 12.2 Å². The molecule has 24 heavy (non-hydrogen) atoms. The molecule has 2 atom stereocenters. The van der Waals surface area contributed by atoms with E-state index in [0.29, 0.717) is 41.4 Å². The van der Waals surface area contributed by atoms with Crippen molar-refractivity contribution in [1.29, 1.82) is 0 Å². The Bertz CT molecular complexity index is 662. The Labute approximate surface area is 146 Å². The number of nitrogens with two attached hydrogens (primary N) is 1. The Balaban J connectivity index is 1.88. The van der Waals surface area contributed by atoms with Crippen molar-refractivity contribution in [2.45, 2.75) is 44.5 Å². The van der Waals surface area contributed by atoms with Gasteiger partial charge < -0.3 is 25.3 Å². The predicted octanol–water partition coefficient (Wildman–Crippen LogP) is 2.17. The largest absolute Gasteiger partial charge is 0.486 e. The Hall–Kier alpha value is -1.50. The molecule has 1 saturated heterocycles. The lowest BCUT2D eigenvalue weighted by molar-refractivity contribution is -0.0476. The molecule has 0 saturated carbocycles. The molecule has 2 aliphatic rings. The molecule has 0 unspecified atom stereocenters. The van der Waals surface area contributed by atoms with Gasteiger partial charge in [0.2, 0.25) is 0 Å². The first kappa shape index (κ1) is 17.3. The number of halogens is 1. The van der Waals surface area contributed by atoms with Crippen molar-refractivity contribution in [3.05, 3.63) is 22.2 Å². The molecule has 2 heterocycles. The van der Waals surface area contributed by atoms with Crippen molar-refractivity contribution in [2.75, 3.05) is 25.9 Å². The van der Waals surface area contributed by atoms with Crippen LogP contribution in [0.25, 0.3) is 0 Å². The minimum absolute atomic E-state index is 0.169. The molecule has 1 fully saturated rings. The molecule has 2 aliphatic heterocycles. The van der Waals surface area contributed by atoms with E-state index in [9.17, 15) is 4.79 Å². The second kappa shape index (κ2) is 6.43. The summed E-state index contributed by atoms with van der Waals surface area (Å²) >= 11 is 6.21. The number of fused-ring (bicyclic) bond motifs is 1. The van der Waals surface area contributed by atoms with Crippen molar-refractivity contribution in [1.82, 2.24) is 5.32 Å². The van der Waals surface area contributed by atoms with Gasteiger partial charge in [-0.05, 0) is 32.9 Å². The third kappa shape index (κ3) is 3.18. The maximum Gasteiger partial charge on any atom is 0.342 e. The van der Waals surface area contributed by atoms with Gasteiger partial charge in [0, 0.05) is 25.6 Å². The van der Waals surface area contributed by atoms with Gasteiger partial charge in [-0.25, -0.2) is 4.79 Å². The molecule has 3 N–H and O–H groups in total. The van der Waals surface area contributed by atoms with Gasteiger partial charge in [0.15, 0.2) is 0 Å². The minimum Gasteiger partial charge on any atom is -0.486 e. The van der Waals surface area contributed by atoms with Gasteiger partial charge in [-0.3, -0.25) is 0 Å². The number of nitrogens with one attached hydrogen (secondary N) is 1. The van der Waals surface area contributed by atoms with E-state index in [2.05, 4.69) is 5.32 Å². The third-order valence-corrected chi connectivity index (χ3v) is 4.81. The summed E-state index contributed by atoms with van der Waals surface area (Å²) in [6.45, 7) is 5.33. The van der Waals surface area contributed by atoms with Crippen LogP contribution in [0.2, 0.25) is 5.02 Å². The van der Waals surface area contributed by atoms with Crippen molar-refractivity contribution < 1.29 is 19.0 Å². The fourth-order valence-electron chi connectivity index (χ4n) is 3.26. The standard InChI is InChI=1S/C17H23ClN2O4/c1-17(2)7-10-14(19)11(18)6-9(15(10)24-17)16(21)23-12-4-5-20-8-13(12)22-3/h6,12-13,20H,4-5,7-8,19H2,1-3H3/t12-,13+/m1/s1. The first-order chi connectivity index (χ1) is 11.3. The summed E-state index contributed by atoms with van der Waals surface area (Å²) in [4.78, 5) is 12.7. The lowest BCUT2D eigenvalue weighted by atomic mass is 9.98. The van der Waals surface area contributed by atoms with Crippen LogP contribution >= 0.6 is 11.6 Å². The topological polar surface area (TPSA) is 82.8 Å². The van der Waals surface area contributed by atoms with Crippen LogP contribution < -0.4 is 15.8 Å². The van der Waals surface area contributed by atoms with Gasteiger partial charge in [0.25, 0.3) is 0 Å². The number of hydrogen-bond acceptors (Lipinski definition) is 6. The molecular weight excluding hydrogens is 332 g/mol. The van der Waals surface area contributed by atoms with Crippen LogP contribution in [-0.4, -0.2) is 44.0 Å². The molecular formula is C17H23ClN2O4. The zero-order chi connectivity index (χ0) is 17.5. The molecule has 1 aromatic rings. The molecule has 0 amide bonds. The lowest BCUT2D eigenvalue weighted by Gasteiger charge is -2.30. The van der Waals surface area contributed by atoms with E-state index in [4.69, 9.17) is 31.5 Å². The Morgan fingerprint density at radius 1 is 1.46 bits per heavy atom. The molecule has 0 radical (unpaired) electrons. The fourth-order valence-corrected chi connectivity index (χ4v) is 3.48. The molecule has 1 aromatic carbocycles. The predicted molar refractivity (Wildman–Crippen MR) is 91.8 cm³/mol. The van der Waals surface area contributed by atoms with Crippen LogP contribution in [0.4, 0.5) is 5.69 Å². The van der Waals surface area contributed by atoms with Crippen LogP contribution in [0.3, 0.4) is 0 Å². The van der Waals surface area contributed by atoms with Gasteiger partial charge in [-0.1, -0.05) is 11.6 Å². The number of ether oxygens (including phenoxy) is 3. The van der Waals surface area contributed by atoms with Gasteiger partial charge in [-0.2, -0.15) is 0 Å². The van der Waals surface area contributed by atoms with E-state index in [1.54, 1.807) is 7.11 Å². The maximum atomic E-state index is 12.7. The van der Waals surface area contributed by atoms with E-state index < -0.39 is 11.6 Å². The highest BCUT2D eigenvalue weighted by molar-refractivity contribution is 6.33. The molecule has 3 rings (SSSR count). The highest BCUT2D eigenvalue weighted by atomic mass is 35.5. The number of benzene rings is 1. The SMILES string of the molecule is CO[C@H]1CNCC[C@H]1OC(=O)c1cc(Cl)c(N)c2c1OC(C)(C)C2. The second-order valence-electron chi connectivity index (χ2n) is 6.88. The molecule has 0 spiro atoms. The van der Waals surface area contributed by atoms with Crippen LogP contribution in [0, 0.1) is 0 Å². The zero-order valence-electron chi connectivity index (χ0n) is 14.1. The van der Waals surface area contributed by atoms with Gasteiger partial charge in [0.1, 0.15) is 29.1 Å². The highest BCUT2D eigenvalue weighted by Crippen LogP contribution is 2.44. The molecule has 7 heteroatoms. The van der Waals surface area contributed by atoms with Crippen molar-refractivity contribution in [3.63, 3.8) is 0 Å². The summed E-state index contributed by atoms with van der Waals surface area (Å²) in [6.07, 6.45) is 0.826. The second-order valence-corrected chi connectivity index (χ2v) is 7.28. The first-order valence-electron chi connectivity index (χ1n) is 8.07. The van der Waals surface area contributed by atoms with Crippen LogP contribution in [-0.2, 0) is 15.9 Å². The number of methoxy groups -OCH3 is 1. The van der Waals surface area contributed by atoms with E-state index in [0.717, 1.165) is 12.1 Å². The van der Waals surface area contributed by atoms with Crippen LogP contribution in [0.1, 0.15) is 36.2 Å². The van der Waals surface area contributed by atoms with Gasteiger partial charge in [-0.15, -0.1) is 0 Å². The fraction of sp³-hybridized carbons (Fsp3) is 0.588. The van der Waals surface area contributed by atoms with Crippen molar-refractivity contribution >= 4 is 23.3 Å². The Morgan fingerprint density at radius 3 is 2.92 bits per heavy atom. The molecule has 6 nitrogen and oxygen atoms in total. The zero-order valence-corrected chi connectivity index (χ0v) is 14.9. The van der Waals surface area contributed by atoms with Gasteiger partial charge >= 0.3 is 5.97 Å². The Kier molecular flexibility index (Phi) is 4.64. The number of hydrogen-bond donors (Lipinski definition) is 2. The summed E-state index contributed by atoms with van der Waals surface area (Å²) in [5.41, 5.74) is 7.19. The smallest absolute Gasteiger partial charge is 0.342 e. The summed E-state index contributed by atoms with van der Waals surface area (Å²) in [5.74, 6) is 0.0228. The molecule has 0 aliphatic carbocycles. The number of piperidine rings is 1. The normalized spacial score (nSPS) is 25.0. The first-order valence-corrected chi connectivity index (χ1v) is 8.44. The van der Waals surface area contributed by atoms with E-state index >= 15 is 0 Å². The monoisotopic (exact) mass is 354 g/mol. The molecule has 0 aromatic heterocycles. The molecule has 132 valence electrons. The van der Waals surface area contributed by atoms with E-state index in [1.807, 2.05) is 13.8 Å². The number of anilines is 1.